The number of carbonyl (C=O) groups is 1. The van der Waals surface area contributed by atoms with Crippen LogP contribution in [0.5, 0.6) is 5.88 Å². The fourth-order valence-corrected chi connectivity index (χ4v) is 5.46. The van der Waals surface area contributed by atoms with E-state index < -0.39 is 5.60 Å². The van der Waals surface area contributed by atoms with Gasteiger partial charge >= 0.3 is 6.09 Å². The summed E-state index contributed by atoms with van der Waals surface area (Å²) in [6.45, 7) is 3.12. The van der Waals surface area contributed by atoms with Gasteiger partial charge in [0.1, 0.15) is 17.7 Å². The highest BCUT2D eigenvalue weighted by molar-refractivity contribution is 5.69. The average molecular weight is 473 g/mol. The van der Waals surface area contributed by atoms with E-state index in [1.165, 1.54) is 0 Å². The summed E-state index contributed by atoms with van der Waals surface area (Å²) in [6, 6.07) is 11.8. The number of ether oxygens (including phenoxy) is 2. The molecule has 4 aromatic rings. The molecule has 1 amide bonds. The van der Waals surface area contributed by atoms with Gasteiger partial charge in [0.2, 0.25) is 5.88 Å². The molecular formula is C26H28N6O3. The molecule has 1 aromatic carbocycles. The lowest BCUT2D eigenvalue weighted by Gasteiger charge is -2.58. The number of nitrogens with zero attached hydrogens (tertiary/aromatic N) is 6. The summed E-state index contributed by atoms with van der Waals surface area (Å²) in [5.74, 6) is 0.765. The highest BCUT2D eigenvalue weighted by Gasteiger charge is 2.57. The molecule has 1 aliphatic heterocycles. The van der Waals surface area contributed by atoms with Crippen molar-refractivity contribution in [3.63, 3.8) is 0 Å². The molecule has 9 nitrogen and oxygen atoms in total. The van der Waals surface area contributed by atoms with E-state index in [0.29, 0.717) is 12.4 Å². The summed E-state index contributed by atoms with van der Waals surface area (Å²) < 4.78 is 15.8. The molecule has 9 heteroatoms. The van der Waals surface area contributed by atoms with Crippen LogP contribution in [-0.2, 0) is 18.4 Å². The van der Waals surface area contributed by atoms with Gasteiger partial charge in [-0.3, -0.25) is 4.68 Å². The van der Waals surface area contributed by atoms with Crippen LogP contribution in [0.4, 0.5) is 4.79 Å². The first kappa shape index (κ1) is 21.6. The Morgan fingerprint density at radius 1 is 1.17 bits per heavy atom. The quantitative estimate of drug-likeness (QED) is 0.435. The first-order valence-corrected chi connectivity index (χ1v) is 12.0. The molecule has 1 saturated heterocycles. The maximum Gasteiger partial charge on any atom is 0.410 e. The number of hydrogen-bond donors (Lipinski definition) is 0. The molecular weight excluding hydrogens is 444 g/mol. The summed E-state index contributed by atoms with van der Waals surface area (Å²) in [6.07, 6.45) is 9.74. The van der Waals surface area contributed by atoms with Crippen molar-refractivity contribution in [2.45, 2.75) is 44.4 Å². The summed E-state index contributed by atoms with van der Waals surface area (Å²) >= 11 is 0. The highest BCUT2D eigenvalue weighted by atomic mass is 16.6. The maximum absolute atomic E-state index is 12.9. The molecule has 0 radical (unpaired) electrons. The summed E-state index contributed by atoms with van der Waals surface area (Å²) in [5.41, 5.74) is 3.03. The Hall–Kier alpha value is -3.88. The number of likely N-dealkylation sites (tertiary alicyclic amines) is 1. The van der Waals surface area contributed by atoms with Crippen LogP contribution in [0.25, 0.3) is 16.8 Å². The van der Waals surface area contributed by atoms with E-state index in [1.54, 1.807) is 21.6 Å². The van der Waals surface area contributed by atoms with E-state index in [1.807, 2.05) is 60.7 Å². The number of rotatable bonds is 5. The van der Waals surface area contributed by atoms with Crippen LogP contribution in [0, 0.1) is 5.92 Å². The first-order chi connectivity index (χ1) is 17.0. The maximum atomic E-state index is 12.9. The molecule has 1 aliphatic carbocycles. The van der Waals surface area contributed by atoms with Gasteiger partial charge in [0.25, 0.3) is 0 Å². The number of amides is 1. The lowest BCUT2D eigenvalue weighted by Crippen LogP contribution is -2.67. The second kappa shape index (κ2) is 8.41. The number of fused-ring (bicyclic) bond motifs is 2. The smallest absolute Gasteiger partial charge is 0.410 e. The molecule has 2 fully saturated rings. The molecule has 3 atom stereocenters. The van der Waals surface area contributed by atoms with E-state index in [4.69, 9.17) is 14.5 Å². The van der Waals surface area contributed by atoms with Crippen LogP contribution in [0.3, 0.4) is 0 Å². The van der Waals surface area contributed by atoms with Crippen molar-refractivity contribution in [3.05, 3.63) is 66.7 Å². The van der Waals surface area contributed by atoms with Gasteiger partial charge in [-0.15, -0.1) is 0 Å². The molecule has 0 N–H and O–H groups in total. The Bertz CT molecular complexity index is 1370. The third kappa shape index (κ3) is 3.90. The van der Waals surface area contributed by atoms with Crippen molar-refractivity contribution in [1.29, 1.82) is 0 Å². The second-order valence-electron chi connectivity index (χ2n) is 9.66. The monoisotopic (exact) mass is 472 g/mol. The molecule has 3 aromatic heterocycles. The van der Waals surface area contributed by atoms with Gasteiger partial charge in [-0.25, -0.2) is 14.3 Å². The van der Waals surface area contributed by atoms with Gasteiger partial charge < -0.3 is 14.4 Å². The Morgan fingerprint density at radius 3 is 2.83 bits per heavy atom. The fraction of sp³-hybridized carbons (Fsp3) is 0.385. The van der Waals surface area contributed by atoms with Crippen LogP contribution in [-0.4, -0.2) is 53.6 Å². The topological polar surface area (TPSA) is 86.8 Å². The normalized spacial score (nSPS) is 23.5. The molecule has 1 saturated carbocycles. The van der Waals surface area contributed by atoms with Gasteiger partial charge in [-0.05, 0) is 31.4 Å². The van der Waals surface area contributed by atoms with Crippen LogP contribution in [0.2, 0.25) is 0 Å². The largest absolute Gasteiger partial charge is 0.469 e. The highest BCUT2D eigenvalue weighted by Crippen LogP contribution is 2.50. The molecule has 2 aliphatic rings. The molecule has 35 heavy (non-hydrogen) atoms. The predicted octanol–water partition coefficient (Wildman–Crippen LogP) is 4.09. The lowest BCUT2D eigenvalue weighted by molar-refractivity contribution is -0.136. The minimum absolute atomic E-state index is 0.111. The SMILES string of the molecule is Cn1cc(-c2cn3nccc3c(OC3(C)C[C@@H]4[C@H]3CCCN4C(=O)OCc3ccccc3)n2)cn1. The van der Waals surface area contributed by atoms with Gasteiger partial charge in [0.15, 0.2) is 0 Å². The van der Waals surface area contributed by atoms with Crippen LogP contribution in [0.1, 0.15) is 31.7 Å². The summed E-state index contributed by atoms with van der Waals surface area (Å²) in [4.78, 5) is 19.6. The molecule has 180 valence electrons. The van der Waals surface area contributed by atoms with Gasteiger partial charge in [-0.1, -0.05) is 30.3 Å². The van der Waals surface area contributed by atoms with Crippen molar-refractivity contribution in [3.8, 4) is 17.1 Å². The third-order valence-electron chi connectivity index (χ3n) is 7.30. The van der Waals surface area contributed by atoms with Crippen molar-refractivity contribution in [2.24, 2.45) is 13.0 Å². The number of benzene rings is 1. The number of aromatic nitrogens is 5. The summed E-state index contributed by atoms with van der Waals surface area (Å²) in [5, 5.41) is 8.67. The molecule has 4 heterocycles. The number of aryl methyl sites for hydroxylation is 1. The van der Waals surface area contributed by atoms with Gasteiger partial charge in [0, 0.05) is 43.7 Å². The Kier molecular flexibility index (Phi) is 5.20. The average Bonchev–Trinajstić information content (AvgIpc) is 3.52. The van der Waals surface area contributed by atoms with Crippen molar-refractivity contribution >= 4 is 11.6 Å². The fourth-order valence-electron chi connectivity index (χ4n) is 5.46. The first-order valence-electron chi connectivity index (χ1n) is 12.0. The van der Waals surface area contributed by atoms with E-state index in [9.17, 15) is 4.79 Å². The van der Waals surface area contributed by atoms with Crippen molar-refractivity contribution in [2.75, 3.05) is 6.54 Å². The van der Waals surface area contributed by atoms with Gasteiger partial charge in [-0.2, -0.15) is 10.2 Å². The number of piperidine rings is 1. The molecule has 0 bridgehead atoms. The Labute approximate surface area is 203 Å². The van der Waals surface area contributed by atoms with Crippen LogP contribution in [0.15, 0.2) is 61.2 Å². The van der Waals surface area contributed by atoms with E-state index in [0.717, 1.165) is 41.6 Å². The standard InChI is InChI=1S/C26H28N6O3/c1-26(35-24-22-10-11-27-32(22)16-21(29-24)19-14-28-30(2)15-19)13-23-20(26)9-6-12-31(23)25(33)34-17-18-7-4-3-5-8-18/h3-5,7-8,10-11,14-16,20,23H,6,9,12-13,17H2,1-2H3/t20-,23-,26?/m1/s1. The van der Waals surface area contributed by atoms with E-state index in [-0.39, 0.29) is 24.7 Å². The second-order valence-corrected chi connectivity index (χ2v) is 9.66. The van der Waals surface area contributed by atoms with Gasteiger partial charge in [0.05, 0.1) is 24.3 Å². The Morgan fingerprint density at radius 2 is 2.03 bits per heavy atom. The van der Waals surface area contributed by atoms with Crippen LogP contribution < -0.4 is 4.74 Å². The molecule has 6 rings (SSSR count). The summed E-state index contributed by atoms with van der Waals surface area (Å²) in [7, 11) is 1.88. The van der Waals surface area contributed by atoms with E-state index in [2.05, 4.69) is 17.1 Å². The number of hydrogen-bond acceptors (Lipinski definition) is 6. The zero-order valence-corrected chi connectivity index (χ0v) is 19.9. The van der Waals surface area contributed by atoms with Crippen molar-refractivity contribution < 1.29 is 14.3 Å². The number of carbonyl (C=O) groups excluding carboxylic acids is 1. The Balaban J connectivity index is 1.20. The van der Waals surface area contributed by atoms with Crippen LogP contribution >= 0.6 is 0 Å². The third-order valence-corrected chi connectivity index (χ3v) is 7.30. The zero-order chi connectivity index (χ0) is 24.0. The molecule has 1 unspecified atom stereocenters. The molecule has 0 spiro atoms. The minimum atomic E-state index is -0.422. The van der Waals surface area contributed by atoms with Crippen molar-refractivity contribution in [1.82, 2.24) is 29.3 Å². The van der Waals surface area contributed by atoms with E-state index >= 15 is 0 Å². The lowest BCUT2D eigenvalue weighted by atomic mass is 9.62. The minimum Gasteiger partial charge on any atom is -0.469 e. The zero-order valence-electron chi connectivity index (χ0n) is 19.9. The predicted molar refractivity (Wildman–Crippen MR) is 129 cm³/mol.